The molecule has 3 N–H and O–H groups in total. The number of rotatable bonds is 8. The van der Waals surface area contributed by atoms with Crippen LogP contribution in [0, 0.1) is 17.1 Å². The predicted molar refractivity (Wildman–Crippen MR) is 131 cm³/mol. The Morgan fingerprint density at radius 3 is 2.71 bits per heavy atom. The molecular weight excluding hydrogens is 445 g/mol. The largest absolute Gasteiger partial charge is 0.369 e. The maximum Gasteiger partial charge on any atom is 0.255 e. The van der Waals surface area contributed by atoms with Gasteiger partial charge in [0.2, 0.25) is 0 Å². The van der Waals surface area contributed by atoms with Gasteiger partial charge in [0.05, 0.1) is 22.9 Å². The van der Waals surface area contributed by atoms with Crippen LogP contribution in [-0.2, 0) is 13.0 Å². The summed E-state index contributed by atoms with van der Waals surface area (Å²) in [5.74, 6) is -0.396. The first-order valence-corrected chi connectivity index (χ1v) is 11.0. The Bertz CT molecular complexity index is 1460. The number of halogens is 1. The van der Waals surface area contributed by atoms with Gasteiger partial charge in [-0.3, -0.25) is 9.59 Å². The zero-order chi connectivity index (χ0) is 24.6. The molecule has 0 saturated heterocycles. The molecule has 0 aliphatic heterocycles. The number of anilines is 1. The van der Waals surface area contributed by atoms with Gasteiger partial charge in [-0.15, -0.1) is 0 Å². The lowest BCUT2D eigenvalue weighted by atomic mass is 10.0. The van der Waals surface area contributed by atoms with Crippen LogP contribution in [-0.4, -0.2) is 22.4 Å². The van der Waals surface area contributed by atoms with Crippen molar-refractivity contribution >= 4 is 11.7 Å². The number of nitrogens with zero attached hydrogens (tertiary/aromatic N) is 2. The second-order valence-electron chi connectivity index (χ2n) is 7.76. The summed E-state index contributed by atoms with van der Waals surface area (Å²) in [5.41, 5.74) is 2.88. The zero-order valence-electron chi connectivity index (χ0n) is 18.7. The molecule has 2 heterocycles. The molecule has 0 radical (unpaired) electrons. The van der Waals surface area contributed by atoms with Gasteiger partial charge in [-0.1, -0.05) is 36.4 Å². The lowest BCUT2D eigenvalue weighted by Gasteiger charge is -2.14. The highest BCUT2D eigenvalue weighted by Gasteiger charge is 2.16. The van der Waals surface area contributed by atoms with Gasteiger partial charge in [0.15, 0.2) is 0 Å². The molecule has 2 aromatic carbocycles. The number of carbonyl (C=O) groups excluding carboxylic acids is 1. The number of benzene rings is 2. The number of nitrogens with one attached hydrogen (secondary N) is 3. The van der Waals surface area contributed by atoms with E-state index >= 15 is 0 Å². The summed E-state index contributed by atoms with van der Waals surface area (Å²) < 4.78 is 13.5. The van der Waals surface area contributed by atoms with Gasteiger partial charge in [-0.05, 0) is 48.4 Å². The smallest absolute Gasteiger partial charge is 0.255 e. The van der Waals surface area contributed by atoms with Crippen molar-refractivity contribution in [3.8, 4) is 17.3 Å². The fourth-order valence-corrected chi connectivity index (χ4v) is 3.62. The maximum absolute atomic E-state index is 13.5. The standard InChI is InChI=1S/C27H22FN5O2/c28-21-8-3-5-18(15-21)12-14-30-25-23(27(35)32-17-20-7-4-13-31-26(20)34)10-11-24(33-25)22-9-2-1-6-19(22)16-29/h1-11,13,15H,12,14,17H2,(H,30,33)(H,31,34)(H,32,35). The van der Waals surface area contributed by atoms with Crippen molar-refractivity contribution in [3.05, 3.63) is 117 Å². The molecule has 35 heavy (non-hydrogen) atoms. The van der Waals surface area contributed by atoms with Gasteiger partial charge >= 0.3 is 0 Å². The predicted octanol–water partition coefficient (Wildman–Crippen LogP) is 4.03. The van der Waals surface area contributed by atoms with Crippen LogP contribution in [0.1, 0.15) is 27.0 Å². The number of nitriles is 1. The van der Waals surface area contributed by atoms with E-state index in [0.29, 0.717) is 41.2 Å². The second-order valence-corrected chi connectivity index (χ2v) is 7.76. The highest BCUT2D eigenvalue weighted by molar-refractivity contribution is 5.99. The third-order valence-electron chi connectivity index (χ3n) is 5.40. The molecule has 1 amide bonds. The summed E-state index contributed by atoms with van der Waals surface area (Å²) in [7, 11) is 0. The lowest BCUT2D eigenvalue weighted by molar-refractivity contribution is 0.0951. The van der Waals surface area contributed by atoms with E-state index < -0.39 is 5.91 Å². The van der Waals surface area contributed by atoms with Crippen LogP contribution in [0.15, 0.2) is 83.8 Å². The molecule has 0 aliphatic rings. The topological polar surface area (TPSA) is 111 Å². The molecule has 0 bridgehead atoms. The number of pyridine rings is 2. The van der Waals surface area contributed by atoms with Crippen LogP contribution >= 0.6 is 0 Å². The SMILES string of the molecule is N#Cc1ccccc1-c1ccc(C(=O)NCc2ccc[nH]c2=O)c(NCCc2cccc(F)c2)n1. The average Bonchev–Trinajstić information content (AvgIpc) is 2.88. The van der Waals surface area contributed by atoms with E-state index in [-0.39, 0.29) is 23.5 Å². The van der Waals surface area contributed by atoms with Gasteiger partial charge in [-0.25, -0.2) is 9.37 Å². The van der Waals surface area contributed by atoms with Crippen molar-refractivity contribution in [1.82, 2.24) is 15.3 Å². The first-order valence-electron chi connectivity index (χ1n) is 11.0. The minimum atomic E-state index is -0.408. The molecule has 4 rings (SSSR count). The van der Waals surface area contributed by atoms with Crippen LogP contribution in [0.3, 0.4) is 0 Å². The maximum atomic E-state index is 13.5. The first kappa shape index (κ1) is 23.4. The Morgan fingerprint density at radius 2 is 1.91 bits per heavy atom. The first-order chi connectivity index (χ1) is 17.0. The van der Waals surface area contributed by atoms with Gasteiger partial charge < -0.3 is 15.6 Å². The quantitative estimate of drug-likeness (QED) is 0.362. The van der Waals surface area contributed by atoms with Crippen LogP contribution < -0.4 is 16.2 Å². The van der Waals surface area contributed by atoms with Crippen molar-refractivity contribution in [2.45, 2.75) is 13.0 Å². The molecular formula is C27H22FN5O2. The molecule has 0 unspecified atom stereocenters. The number of aromatic amines is 1. The molecule has 2 aromatic heterocycles. The van der Waals surface area contributed by atoms with E-state index in [0.717, 1.165) is 5.56 Å². The lowest BCUT2D eigenvalue weighted by Crippen LogP contribution is -2.27. The molecule has 174 valence electrons. The third-order valence-corrected chi connectivity index (χ3v) is 5.40. The monoisotopic (exact) mass is 467 g/mol. The minimum absolute atomic E-state index is 0.0523. The summed E-state index contributed by atoms with van der Waals surface area (Å²) in [6, 6.07) is 22.2. The van der Waals surface area contributed by atoms with Crippen molar-refractivity contribution < 1.29 is 9.18 Å². The number of hydrogen-bond acceptors (Lipinski definition) is 5. The van der Waals surface area contributed by atoms with Gasteiger partial charge in [0.1, 0.15) is 11.6 Å². The van der Waals surface area contributed by atoms with Crippen LogP contribution in [0.5, 0.6) is 0 Å². The highest BCUT2D eigenvalue weighted by Crippen LogP contribution is 2.25. The van der Waals surface area contributed by atoms with Gasteiger partial charge in [-0.2, -0.15) is 5.26 Å². The number of amides is 1. The number of hydrogen-bond donors (Lipinski definition) is 3. The zero-order valence-corrected chi connectivity index (χ0v) is 18.7. The van der Waals surface area contributed by atoms with E-state index in [1.807, 2.05) is 12.1 Å². The van der Waals surface area contributed by atoms with Crippen LogP contribution in [0.4, 0.5) is 10.2 Å². The molecule has 0 saturated carbocycles. The van der Waals surface area contributed by atoms with Gasteiger partial charge in [0, 0.05) is 30.4 Å². The van der Waals surface area contributed by atoms with E-state index in [2.05, 4.69) is 26.7 Å². The fourth-order valence-electron chi connectivity index (χ4n) is 3.62. The second kappa shape index (κ2) is 10.9. The van der Waals surface area contributed by atoms with E-state index in [4.69, 9.17) is 0 Å². The van der Waals surface area contributed by atoms with Crippen LogP contribution in [0.25, 0.3) is 11.3 Å². The number of carbonyl (C=O) groups is 1. The molecule has 8 heteroatoms. The van der Waals surface area contributed by atoms with E-state index in [9.17, 15) is 19.2 Å². The Labute approximate surface area is 201 Å². The summed E-state index contributed by atoms with van der Waals surface area (Å²) in [4.78, 5) is 32.1. The van der Waals surface area contributed by atoms with Crippen molar-refractivity contribution in [3.63, 3.8) is 0 Å². The molecule has 0 spiro atoms. The molecule has 0 aliphatic carbocycles. The average molecular weight is 468 g/mol. The van der Waals surface area contributed by atoms with E-state index in [1.165, 1.54) is 18.3 Å². The molecule has 0 atom stereocenters. The van der Waals surface area contributed by atoms with Crippen molar-refractivity contribution in [1.29, 1.82) is 5.26 Å². The van der Waals surface area contributed by atoms with Gasteiger partial charge in [0.25, 0.3) is 11.5 Å². The Hall–Kier alpha value is -4.77. The normalized spacial score (nSPS) is 10.4. The molecule has 4 aromatic rings. The minimum Gasteiger partial charge on any atom is -0.369 e. The summed E-state index contributed by atoms with van der Waals surface area (Å²) >= 11 is 0. The fraction of sp³-hybridized carbons (Fsp3) is 0.111. The number of aromatic nitrogens is 2. The van der Waals surface area contributed by atoms with Crippen molar-refractivity contribution in [2.24, 2.45) is 0 Å². The summed E-state index contributed by atoms with van der Waals surface area (Å²) in [5, 5.41) is 15.4. The molecule has 0 fully saturated rings. The Kier molecular flexibility index (Phi) is 7.28. The molecule has 7 nitrogen and oxygen atoms in total. The number of H-pyrrole nitrogens is 1. The highest BCUT2D eigenvalue weighted by atomic mass is 19.1. The Balaban J connectivity index is 1.60. The Morgan fingerprint density at radius 1 is 1.06 bits per heavy atom. The van der Waals surface area contributed by atoms with Crippen LogP contribution in [0.2, 0.25) is 0 Å². The summed E-state index contributed by atoms with van der Waals surface area (Å²) in [6.07, 6.45) is 2.04. The summed E-state index contributed by atoms with van der Waals surface area (Å²) in [6.45, 7) is 0.454. The van der Waals surface area contributed by atoms with E-state index in [1.54, 1.807) is 48.5 Å². The third kappa shape index (κ3) is 5.78. The van der Waals surface area contributed by atoms with Crippen molar-refractivity contribution in [2.75, 3.05) is 11.9 Å².